The maximum Gasteiger partial charge on any atom is 0.292 e. The zero-order valence-corrected chi connectivity index (χ0v) is 8.56. The van der Waals surface area contributed by atoms with Crippen LogP contribution in [-0.4, -0.2) is 24.9 Å². The minimum atomic E-state index is -2.47. The second kappa shape index (κ2) is 4.73. The summed E-state index contributed by atoms with van der Waals surface area (Å²) in [6, 6.07) is 3.89. The van der Waals surface area contributed by atoms with Crippen molar-refractivity contribution < 1.29 is 13.7 Å². The third-order valence-corrected chi connectivity index (χ3v) is 2.06. The summed E-state index contributed by atoms with van der Waals surface area (Å²) in [7, 11) is 1.47. The first-order valence-electron chi connectivity index (χ1n) is 4.45. The van der Waals surface area contributed by atoms with Gasteiger partial charge in [0.1, 0.15) is 5.69 Å². The van der Waals surface area contributed by atoms with Gasteiger partial charge in [-0.25, -0.2) is 8.78 Å². The molecule has 1 aromatic carbocycles. The maximum atomic E-state index is 12.1. The van der Waals surface area contributed by atoms with Crippen LogP contribution < -0.4 is 10.6 Å². The van der Waals surface area contributed by atoms with Crippen LogP contribution in [0.25, 0.3) is 0 Å². The zero-order valence-electron chi connectivity index (χ0n) is 8.56. The summed E-state index contributed by atoms with van der Waals surface area (Å²) >= 11 is 0. The average Bonchev–Trinajstić information content (AvgIpc) is 2.15. The number of halogens is 2. The molecule has 0 aromatic heterocycles. The Bertz CT molecular complexity index is 398. The normalized spacial score (nSPS) is 10.5. The number of benzene rings is 1. The van der Waals surface area contributed by atoms with E-state index in [4.69, 9.17) is 5.73 Å². The minimum Gasteiger partial charge on any atom is -0.393 e. The average molecular weight is 231 g/mol. The number of nitro benzene ring substituents is 1. The molecule has 0 atom stereocenters. The highest BCUT2D eigenvalue weighted by molar-refractivity contribution is 5.66. The molecule has 0 unspecified atom stereocenters. The molecule has 0 fully saturated rings. The fourth-order valence-electron chi connectivity index (χ4n) is 1.26. The predicted octanol–water partition coefficient (Wildman–Crippen LogP) is 1.88. The van der Waals surface area contributed by atoms with Crippen LogP contribution >= 0.6 is 0 Å². The van der Waals surface area contributed by atoms with Crippen LogP contribution in [0.4, 0.5) is 25.8 Å². The van der Waals surface area contributed by atoms with Crippen molar-refractivity contribution in [2.45, 2.75) is 6.43 Å². The highest BCUT2D eigenvalue weighted by Crippen LogP contribution is 2.26. The van der Waals surface area contributed by atoms with Crippen molar-refractivity contribution in [2.75, 3.05) is 24.2 Å². The highest BCUT2D eigenvalue weighted by Gasteiger charge is 2.14. The van der Waals surface area contributed by atoms with E-state index in [-0.39, 0.29) is 11.4 Å². The molecule has 2 N–H and O–H groups in total. The number of nitrogens with two attached hydrogens (primary N) is 1. The summed E-state index contributed by atoms with van der Waals surface area (Å²) in [6.45, 7) is -0.447. The lowest BCUT2D eigenvalue weighted by Crippen LogP contribution is -2.24. The smallest absolute Gasteiger partial charge is 0.292 e. The molecule has 16 heavy (non-hydrogen) atoms. The Hall–Kier alpha value is -1.92. The van der Waals surface area contributed by atoms with Crippen LogP contribution in [0, 0.1) is 10.1 Å². The topological polar surface area (TPSA) is 72.4 Å². The quantitative estimate of drug-likeness (QED) is 0.487. The van der Waals surface area contributed by atoms with Gasteiger partial charge >= 0.3 is 0 Å². The lowest BCUT2D eigenvalue weighted by molar-refractivity contribution is -0.383. The van der Waals surface area contributed by atoms with Crippen molar-refractivity contribution in [3.05, 3.63) is 28.3 Å². The van der Waals surface area contributed by atoms with E-state index in [9.17, 15) is 18.9 Å². The van der Waals surface area contributed by atoms with Gasteiger partial charge in [0.2, 0.25) is 0 Å². The highest BCUT2D eigenvalue weighted by atomic mass is 19.3. The van der Waals surface area contributed by atoms with Crippen LogP contribution in [0.15, 0.2) is 18.2 Å². The lowest BCUT2D eigenvalue weighted by atomic mass is 10.2. The van der Waals surface area contributed by atoms with Crippen LogP contribution in [0.2, 0.25) is 0 Å². The van der Waals surface area contributed by atoms with Gasteiger partial charge < -0.3 is 10.6 Å². The van der Waals surface area contributed by atoms with E-state index in [0.29, 0.717) is 5.69 Å². The van der Waals surface area contributed by atoms with Gasteiger partial charge in [-0.15, -0.1) is 0 Å². The van der Waals surface area contributed by atoms with E-state index in [0.717, 1.165) is 0 Å². The summed E-state index contributed by atoms with van der Waals surface area (Å²) in [5, 5.41) is 10.5. The second-order valence-corrected chi connectivity index (χ2v) is 3.27. The first-order chi connectivity index (χ1) is 7.41. The number of alkyl halides is 2. The van der Waals surface area contributed by atoms with Gasteiger partial charge in [-0.1, -0.05) is 0 Å². The van der Waals surface area contributed by atoms with E-state index in [1.165, 1.54) is 30.1 Å². The molecular weight excluding hydrogens is 220 g/mol. The molecule has 0 bridgehead atoms. The maximum absolute atomic E-state index is 12.1. The fourth-order valence-corrected chi connectivity index (χ4v) is 1.26. The van der Waals surface area contributed by atoms with Crippen molar-refractivity contribution in [1.29, 1.82) is 0 Å². The Morgan fingerprint density at radius 1 is 1.56 bits per heavy atom. The van der Waals surface area contributed by atoms with E-state index in [2.05, 4.69) is 0 Å². The molecule has 0 amide bonds. The third kappa shape index (κ3) is 2.78. The standard InChI is InChI=1S/C9H11F2N3O2/c1-13(5-9(10)11)6-2-3-8(14(15)16)7(12)4-6/h2-4,9H,5,12H2,1H3. The van der Waals surface area contributed by atoms with E-state index in [1.54, 1.807) is 0 Å². The number of hydrogen-bond acceptors (Lipinski definition) is 4. The molecular formula is C9H11F2N3O2. The molecule has 0 spiro atoms. The predicted molar refractivity (Wildman–Crippen MR) is 56.8 cm³/mol. The number of nitrogen functional groups attached to an aromatic ring is 1. The van der Waals surface area contributed by atoms with Gasteiger partial charge in [0.15, 0.2) is 0 Å². The van der Waals surface area contributed by atoms with Crippen molar-refractivity contribution in [2.24, 2.45) is 0 Å². The van der Waals surface area contributed by atoms with Gasteiger partial charge in [0.05, 0.1) is 11.5 Å². The Morgan fingerprint density at radius 3 is 2.62 bits per heavy atom. The number of nitrogens with zero attached hydrogens (tertiary/aromatic N) is 2. The third-order valence-electron chi connectivity index (χ3n) is 2.06. The number of nitro groups is 1. The van der Waals surface area contributed by atoms with Crippen molar-refractivity contribution in [3.8, 4) is 0 Å². The van der Waals surface area contributed by atoms with Gasteiger partial charge in [-0.05, 0) is 12.1 Å². The summed E-state index contributed by atoms with van der Waals surface area (Å²) < 4.78 is 24.2. The van der Waals surface area contributed by atoms with E-state index < -0.39 is 17.9 Å². The molecule has 0 saturated carbocycles. The minimum absolute atomic E-state index is 0.0383. The Morgan fingerprint density at radius 2 is 2.19 bits per heavy atom. The molecule has 0 aliphatic carbocycles. The SMILES string of the molecule is CN(CC(F)F)c1ccc([N+](=O)[O-])c(N)c1. The van der Waals surface area contributed by atoms with E-state index in [1.807, 2.05) is 0 Å². The van der Waals surface area contributed by atoms with Crippen molar-refractivity contribution >= 4 is 17.1 Å². The van der Waals surface area contributed by atoms with Crippen LogP contribution in [0.5, 0.6) is 0 Å². The Kier molecular flexibility index (Phi) is 3.60. The zero-order chi connectivity index (χ0) is 12.3. The molecule has 0 heterocycles. The van der Waals surface area contributed by atoms with Crippen LogP contribution in [0.1, 0.15) is 0 Å². The van der Waals surface area contributed by atoms with Crippen molar-refractivity contribution in [1.82, 2.24) is 0 Å². The van der Waals surface area contributed by atoms with Gasteiger partial charge in [0.25, 0.3) is 12.1 Å². The number of hydrogen-bond donors (Lipinski definition) is 1. The van der Waals surface area contributed by atoms with E-state index >= 15 is 0 Å². The molecule has 5 nitrogen and oxygen atoms in total. The largest absolute Gasteiger partial charge is 0.393 e. The Balaban J connectivity index is 2.92. The summed E-state index contributed by atoms with van der Waals surface area (Å²) in [4.78, 5) is 11.1. The lowest BCUT2D eigenvalue weighted by Gasteiger charge is -2.18. The van der Waals surface area contributed by atoms with Gasteiger partial charge in [0, 0.05) is 18.8 Å². The molecule has 0 radical (unpaired) electrons. The number of rotatable bonds is 4. The molecule has 7 heteroatoms. The van der Waals surface area contributed by atoms with Gasteiger partial charge in [-0.3, -0.25) is 10.1 Å². The molecule has 0 aliphatic rings. The first kappa shape index (κ1) is 12.2. The monoisotopic (exact) mass is 231 g/mol. The molecule has 1 rings (SSSR count). The van der Waals surface area contributed by atoms with Crippen LogP contribution in [-0.2, 0) is 0 Å². The van der Waals surface area contributed by atoms with Crippen molar-refractivity contribution in [3.63, 3.8) is 0 Å². The molecule has 88 valence electrons. The summed E-state index contributed by atoms with van der Waals surface area (Å²) in [5.74, 6) is 0. The molecule has 0 aliphatic heterocycles. The second-order valence-electron chi connectivity index (χ2n) is 3.27. The first-order valence-corrected chi connectivity index (χ1v) is 4.45. The summed E-state index contributed by atoms with van der Waals surface area (Å²) in [5.41, 5.74) is 5.59. The number of anilines is 2. The van der Waals surface area contributed by atoms with Crippen LogP contribution in [0.3, 0.4) is 0 Å². The fraction of sp³-hybridized carbons (Fsp3) is 0.333. The molecule has 0 saturated heterocycles. The molecule has 1 aromatic rings. The summed E-state index contributed by atoms with van der Waals surface area (Å²) in [6.07, 6.45) is -2.47. The Labute approximate surface area is 90.6 Å². The van der Waals surface area contributed by atoms with Gasteiger partial charge in [-0.2, -0.15) is 0 Å².